The molecule has 0 unspecified atom stereocenters. The van der Waals surface area contributed by atoms with Crippen LogP contribution in [0.5, 0.6) is 0 Å². The third-order valence-electron chi connectivity index (χ3n) is 3.27. The summed E-state index contributed by atoms with van der Waals surface area (Å²) in [6.07, 6.45) is 5.31. The summed E-state index contributed by atoms with van der Waals surface area (Å²) < 4.78 is 0. The highest BCUT2D eigenvalue weighted by Gasteiger charge is 2.11. The van der Waals surface area contributed by atoms with E-state index in [1.54, 1.807) is 0 Å². The maximum Gasteiger partial charge on any atom is 0.0935 e. The smallest absolute Gasteiger partial charge is 0.0935 e. The van der Waals surface area contributed by atoms with Crippen LogP contribution in [0.25, 0.3) is 28.1 Å². The molecule has 4 rings (SSSR count). The van der Waals surface area contributed by atoms with Crippen LogP contribution in [-0.4, -0.2) is 9.97 Å². The van der Waals surface area contributed by atoms with Gasteiger partial charge in [-0.05, 0) is 35.7 Å². The van der Waals surface area contributed by atoms with E-state index in [4.69, 9.17) is 4.98 Å². The molecule has 0 bridgehead atoms. The van der Waals surface area contributed by atoms with Gasteiger partial charge in [0.1, 0.15) is 0 Å². The number of hydrogen-bond acceptors (Lipinski definition) is 2. The summed E-state index contributed by atoms with van der Waals surface area (Å²) in [5.74, 6) is 0. The molecular weight excluding hydrogens is 208 g/mol. The zero-order valence-corrected chi connectivity index (χ0v) is 9.22. The molecule has 1 aliphatic carbocycles. The van der Waals surface area contributed by atoms with Gasteiger partial charge in [0.05, 0.1) is 22.1 Å². The van der Waals surface area contributed by atoms with E-state index in [9.17, 15) is 0 Å². The molecule has 17 heavy (non-hydrogen) atoms. The van der Waals surface area contributed by atoms with Crippen LogP contribution in [0.2, 0.25) is 0 Å². The Balaban J connectivity index is 2.18. The predicted molar refractivity (Wildman–Crippen MR) is 69.8 cm³/mol. The quantitative estimate of drug-likeness (QED) is 0.541. The highest BCUT2D eigenvalue weighted by atomic mass is 14.8. The summed E-state index contributed by atoms with van der Waals surface area (Å²) in [7, 11) is 0. The SMILES string of the molecule is C1=Cc2ccc3nc4ccccc4nc3c2C1. The average Bonchev–Trinajstić information content (AvgIpc) is 2.85. The van der Waals surface area contributed by atoms with E-state index in [0.29, 0.717) is 0 Å². The summed E-state index contributed by atoms with van der Waals surface area (Å²) >= 11 is 0. The fraction of sp³-hybridized carbons (Fsp3) is 0.0667. The third kappa shape index (κ3) is 1.21. The largest absolute Gasteiger partial charge is 0.244 e. The second-order valence-corrected chi connectivity index (χ2v) is 4.32. The normalized spacial score (nSPS) is 13.4. The second-order valence-electron chi connectivity index (χ2n) is 4.32. The number of allylic oxidation sites excluding steroid dienone is 1. The lowest BCUT2D eigenvalue weighted by molar-refractivity contribution is 1.29. The van der Waals surface area contributed by atoms with Crippen molar-refractivity contribution >= 4 is 28.1 Å². The summed E-state index contributed by atoms with van der Waals surface area (Å²) in [5.41, 5.74) is 6.56. The Kier molecular flexibility index (Phi) is 1.64. The molecule has 2 aromatic carbocycles. The molecule has 0 radical (unpaired) electrons. The first-order valence-electron chi connectivity index (χ1n) is 5.77. The Labute approximate surface area is 98.6 Å². The summed E-state index contributed by atoms with van der Waals surface area (Å²) in [5, 5.41) is 0. The highest BCUT2D eigenvalue weighted by molar-refractivity contribution is 5.90. The zero-order chi connectivity index (χ0) is 11.2. The van der Waals surface area contributed by atoms with E-state index in [1.165, 1.54) is 11.1 Å². The van der Waals surface area contributed by atoms with Gasteiger partial charge >= 0.3 is 0 Å². The number of nitrogens with zero attached hydrogens (tertiary/aromatic N) is 2. The van der Waals surface area contributed by atoms with Crippen LogP contribution in [0.4, 0.5) is 0 Å². The molecule has 1 heterocycles. The molecule has 3 aromatic rings. The van der Waals surface area contributed by atoms with Crippen molar-refractivity contribution in [3.63, 3.8) is 0 Å². The van der Waals surface area contributed by atoms with Crippen molar-refractivity contribution in [2.75, 3.05) is 0 Å². The standard InChI is InChI=1S/C15H10N2/c1-2-7-13-12(6-1)16-14-9-8-10-4-3-5-11(10)15(14)17-13/h1-4,6-9H,5H2. The molecule has 2 heteroatoms. The van der Waals surface area contributed by atoms with Gasteiger partial charge in [-0.3, -0.25) is 0 Å². The number of para-hydroxylation sites is 2. The molecule has 2 nitrogen and oxygen atoms in total. The van der Waals surface area contributed by atoms with Crippen molar-refractivity contribution in [3.8, 4) is 0 Å². The molecular formula is C15H10N2. The number of rotatable bonds is 0. The van der Waals surface area contributed by atoms with Crippen LogP contribution in [0.15, 0.2) is 42.5 Å². The summed E-state index contributed by atoms with van der Waals surface area (Å²) in [6, 6.07) is 12.2. The van der Waals surface area contributed by atoms with Crippen molar-refractivity contribution < 1.29 is 0 Å². The monoisotopic (exact) mass is 218 g/mol. The molecule has 0 N–H and O–H groups in total. The van der Waals surface area contributed by atoms with Gasteiger partial charge in [0.2, 0.25) is 0 Å². The maximum absolute atomic E-state index is 4.75. The van der Waals surface area contributed by atoms with E-state index in [1.807, 2.05) is 24.3 Å². The van der Waals surface area contributed by atoms with Crippen LogP contribution in [0.1, 0.15) is 11.1 Å². The van der Waals surface area contributed by atoms with Crippen LogP contribution in [0, 0.1) is 0 Å². The van der Waals surface area contributed by atoms with Gasteiger partial charge in [-0.15, -0.1) is 0 Å². The van der Waals surface area contributed by atoms with Crippen LogP contribution in [-0.2, 0) is 6.42 Å². The Hall–Kier alpha value is -2.22. The van der Waals surface area contributed by atoms with Gasteiger partial charge in [-0.2, -0.15) is 0 Å². The Morgan fingerprint density at radius 1 is 0.824 bits per heavy atom. The first kappa shape index (κ1) is 8.88. The van der Waals surface area contributed by atoms with E-state index in [-0.39, 0.29) is 0 Å². The first-order chi connectivity index (χ1) is 8.42. The van der Waals surface area contributed by atoms with Crippen molar-refractivity contribution in [2.24, 2.45) is 0 Å². The average molecular weight is 218 g/mol. The van der Waals surface area contributed by atoms with Crippen molar-refractivity contribution in [1.29, 1.82) is 0 Å². The minimum absolute atomic E-state index is 0.964. The number of aromatic nitrogens is 2. The van der Waals surface area contributed by atoms with E-state index < -0.39 is 0 Å². The van der Waals surface area contributed by atoms with E-state index >= 15 is 0 Å². The molecule has 1 aromatic heterocycles. The van der Waals surface area contributed by atoms with Gasteiger partial charge in [-0.1, -0.05) is 30.4 Å². The summed E-state index contributed by atoms with van der Waals surface area (Å²) in [4.78, 5) is 9.41. The van der Waals surface area contributed by atoms with Gasteiger partial charge < -0.3 is 0 Å². The van der Waals surface area contributed by atoms with Crippen LogP contribution in [0.3, 0.4) is 0 Å². The molecule has 0 amide bonds. The van der Waals surface area contributed by atoms with Gasteiger partial charge in [0.25, 0.3) is 0 Å². The minimum Gasteiger partial charge on any atom is -0.244 e. The fourth-order valence-electron chi connectivity index (χ4n) is 2.43. The fourth-order valence-corrected chi connectivity index (χ4v) is 2.43. The number of fused-ring (bicyclic) bond motifs is 4. The molecule has 0 saturated carbocycles. The Morgan fingerprint density at radius 3 is 2.53 bits per heavy atom. The topological polar surface area (TPSA) is 25.8 Å². The van der Waals surface area contributed by atoms with Crippen LogP contribution < -0.4 is 0 Å². The lowest BCUT2D eigenvalue weighted by Crippen LogP contribution is -1.92. The van der Waals surface area contributed by atoms with E-state index in [2.05, 4.69) is 29.3 Å². The molecule has 0 saturated heterocycles. The molecule has 1 aliphatic rings. The van der Waals surface area contributed by atoms with Crippen LogP contribution >= 0.6 is 0 Å². The highest BCUT2D eigenvalue weighted by Crippen LogP contribution is 2.27. The van der Waals surface area contributed by atoms with Gasteiger partial charge in [0, 0.05) is 0 Å². The first-order valence-corrected chi connectivity index (χ1v) is 5.77. The Morgan fingerprint density at radius 2 is 1.65 bits per heavy atom. The maximum atomic E-state index is 4.75. The zero-order valence-electron chi connectivity index (χ0n) is 9.22. The van der Waals surface area contributed by atoms with Gasteiger partial charge in [0.15, 0.2) is 0 Å². The Bertz CT molecular complexity index is 772. The molecule has 0 spiro atoms. The molecule has 0 aliphatic heterocycles. The minimum atomic E-state index is 0.964. The lowest BCUT2D eigenvalue weighted by atomic mass is 10.1. The lowest BCUT2D eigenvalue weighted by Gasteiger charge is -2.05. The van der Waals surface area contributed by atoms with Gasteiger partial charge in [-0.25, -0.2) is 9.97 Å². The molecule has 0 atom stereocenters. The van der Waals surface area contributed by atoms with E-state index in [0.717, 1.165) is 28.5 Å². The molecule has 0 fully saturated rings. The third-order valence-corrected chi connectivity index (χ3v) is 3.27. The van der Waals surface area contributed by atoms with Crippen molar-refractivity contribution in [1.82, 2.24) is 9.97 Å². The number of benzene rings is 2. The molecule has 80 valence electrons. The predicted octanol–water partition coefficient (Wildman–Crippen LogP) is 3.35. The second kappa shape index (κ2) is 3.14. The van der Waals surface area contributed by atoms with Crippen molar-refractivity contribution in [2.45, 2.75) is 6.42 Å². The summed E-state index contributed by atoms with van der Waals surface area (Å²) in [6.45, 7) is 0. The van der Waals surface area contributed by atoms with Crippen molar-refractivity contribution in [3.05, 3.63) is 53.6 Å². The number of hydrogen-bond donors (Lipinski definition) is 0.